The zero-order valence-corrected chi connectivity index (χ0v) is 9.03. The molecule has 2 rings (SSSR count). The molecule has 1 N–H and O–H groups in total. The maximum absolute atomic E-state index is 13.5. The van der Waals surface area contributed by atoms with Crippen molar-refractivity contribution in [3.05, 3.63) is 64.7 Å². The Morgan fingerprint density at radius 2 is 2.06 bits per heavy atom. The fourth-order valence-electron chi connectivity index (χ4n) is 1.48. The van der Waals surface area contributed by atoms with Crippen LogP contribution in [-0.4, -0.2) is 10.1 Å². The van der Waals surface area contributed by atoms with E-state index in [9.17, 15) is 9.50 Å². The monoisotopic (exact) mass is 237 g/mol. The zero-order valence-electron chi connectivity index (χ0n) is 8.27. The number of hydrogen-bond acceptors (Lipinski definition) is 2. The van der Waals surface area contributed by atoms with Crippen LogP contribution in [0.2, 0.25) is 5.02 Å². The third kappa shape index (κ3) is 2.05. The van der Waals surface area contributed by atoms with Gasteiger partial charge in [-0.25, -0.2) is 4.39 Å². The van der Waals surface area contributed by atoms with Gasteiger partial charge in [0.1, 0.15) is 11.9 Å². The minimum atomic E-state index is -1.10. The summed E-state index contributed by atoms with van der Waals surface area (Å²) in [7, 11) is 0. The van der Waals surface area contributed by atoms with Crippen molar-refractivity contribution in [2.24, 2.45) is 0 Å². The molecule has 1 unspecified atom stereocenters. The Morgan fingerprint density at radius 3 is 2.69 bits per heavy atom. The molecule has 1 aromatic heterocycles. The van der Waals surface area contributed by atoms with Crippen molar-refractivity contribution in [1.29, 1.82) is 0 Å². The second-order valence-corrected chi connectivity index (χ2v) is 3.73. The molecule has 0 spiro atoms. The predicted octanol–water partition coefficient (Wildman–Crippen LogP) is 2.96. The van der Waals surface area contributed by atoms with E-state index in [1.165, 1.54) is 18.3 Å². The first-order valence-electron chi connectivity index (χ1n) is 4.72. The molecule has 0 aliphatic carbocycles. The van der Waals surface area contributed by atoms with Crippen molar-refractivity contribution >= 4 is 11.6 Å². The number of rotatable bonds is 2. The van der Waals surface area contributed by atoms with Crippen LogP contribution in [-0.2, 0) is 0 Å². The van der Waals surface area contributed by atoms with Crippen LogP contribution < -0.4 is 0 Å². The molecule has 0 aliphatic rings. The molecule has 4 heteroatoms. The Kier molecular flexibility index (Phi) is 3.17. The molecule has 2 aromatic rings. The predicted molar refractivity (Wildman–Crippen MR) is 59.7 cm³/mol. The van der Waals surface area contributed by atoms with Crippen molar-refractivity contribution in [2.45, 2.75) is 6.10 Å². The molecule has 0 saturated carbocycles. The topological polar surface area (TPSA) is 33.1 Å². The highest BCUT2D eigenvalue weighted by atomic mass is 35.5. The fourth-order valence-corrected chi connectivity index (χ4v) is 1.74. The van der Waals surface area contributed by atoms with Crippen LogP contribution in [0.25, 0.3) is 0 Å². The van der Waals surface area contributed by atoms with E-state index in [2.05, 4.69) is 4.98 Å². The summed E-state index contributed by atoms with van der Waals surface area (Å²) in [5, 5.41) is 10.2. The molecule has 82 valence electrons. The number of aromatic nitrogens is 1. The minimum Gasteiger partial charge on any atom is -0.383 e. The lowest BCUT2D eigenvalue weighted by Crippen LogP contribution is -2.03. The summed E-state index contributed by atoms with van der Waals surface area (Å²) in [5.74, 6) is -0.524. The number of benzene rings is 1. The van der Waals surface area contributed by atoms with Crippen LogP contribution in [0.3, 0.4) is 0 Å². The van der Waals surface area contributed by atoms with Crippen LogP contribution in [0.5, 0.6) is 0 Å². The van der Waals surface area contributed by atoms with Gasteiger partial charge in [0.2, 0.25) is 0 Å². The normalized spacial score (nSPS) is 12.4. The molecule has 2 nitrogen and oxygen atoms in total. The Labute approximate surface area is 97.3 Å². The maximum Gasteiger partial charge on any atom is 0.130 e. The van der Waals surface area contributed by atoms with Gasteiger partial charge in [-0.15, -0.1) is 0 Å². The highest BCUT2D eigenvalue weighted by molar-refractivity contribution is 6.31. The first-order valence-corrected chi connectivity index (χ1v) is 5.10. The smallest absolute Gasteiger partial charge is 0.130 e. The molecular formula is C12H9ClFNO. The van der Waals surface area contributed by atoms with Gasteiger partial charge >= 0.3 is 0 Å². The molecule has 0 amide bonds. The van der Waals surface area contributed by atoms with Crippen LogP contribution in [0.4, 0.5) is 4.39 Å². The van der Waals surface area contributed by atoms with Crippen LogP contribution in [0, 0.1) is 5.82 Å². The minimum absolute atomic E-state index is 0.0807. The second-order valence-electron chi connectivity index (χ2n) is 3.32. The molecule has 16 heavy (non-hydrogen) atoms. The molecule has 1 atom stereocenters. The summed E-state index contributed by atoms with van der Waals surface area (Å²) in [6.07, 6.45) is 1.97. The highest BCUT2D eigenvalue weighted by Gasteiger charge is 2.18. The maximum atomic E-state index is 13.5. The van der Waals surface area contributed by atoms with Gasteiger partial charge in [-0.2, -0.15) is 0 Å². The average molecular weight is 238 g/mol. The summed E-state index contributed by atoms with van der Waals surface area (Å²) in [4.78, 5) is 3.87. The summed E-state index contributed by atoms with van der Waals surface area (Å²) in [5.41, 5.74) is 0.590. The summed E-state index contributed by atoms with van der Waals surface area (Å²) in [6.45, 7) is 0. The first-order chi connectivity index (χ1) is 7.70. The summed E-state index contributed by atoms with van der Waals surface area (Å²) in [6, 6.07) is 7.64. The van der Waals surface area contributed by atoms with Gasteiger partial charge in [0, 0.05) is 28.5 Å². The van der Waals surface area contributed by atoms with E-state index in [1.807, 2.05) is 0 Å². The molecule has 0 aliphatic heterocycles. The zero-order chi connectivity index (χ0) is 11.5. The first kappa shape index (κ1) is 11.0. The Morgan fingerprint density at radius 1 is 1.25 bits per heavy atom. The van der Waals surface area contributed by atoms with Crippen molar-refractivity contribution in [1.82, 2.24) is 4.98 Å². The number of aliphatic hydroxyl groups excluding tert-OH is 1. The number of halogens is 2. The van der Waals surface area contributed by atoms with Gasteiger partial charge in [0.05, 0.1) is 0 Å². The summed E-state index contributed by atoms with van der Waals surface area (Å²) < 4.78 is 13.5. The molecule has 0 saturated heterocycles. The lowest BCUT2D eigenvalue weighted by Gasteiger charge is -2.13. The van der Waals surface area contributed by atoms with Gasteiger partial charge in [0.15, 0.2) is 0 Å². The standard InChI is InChI=1S/C12H9ClFNO/c13-9-4-1-5-10(14)11(9)12(16)8-3-2-6-15-7-8/h1-7,12,16H. The van der Waals surface area contributed by atoms with E-state index >= 15 is 0 Å². The van der Waals surface area contributed by atoms with Crippen molar-refractivity contribution in [3.63, 3.8) is 0 Å². The van der Waals surface area contributed by atoms with E-state index in [4.69, 9.17) is 11.6 Å². The van der Waals surface area contributed by atoms with Gasteiger partial charge in [-0.1, -0.05) is 23.7 Å². The van der Waals surface area contributed by atoms with Crippen LogP contribution in [0.15, 0.2) is 42.7 Å². The quantitative estimate of drug-likeness (QED) is 0.871. The summed E-state index contributed by atoms with van der Waals surface area (Å²) >= 11 is 5.85. The van der Waals surface area contributed by atoms with Gasteiger partial charge < -0.3 is 5.11 Å². The van der Waals surface area contributed by atoms with Crippen molar-refractivity contribution in [3.8, 4) is 0 Å². The molecule has 0 radical (unpaired) electrons. The fraction of sp³-hybridized carbons (Fsp3) is 0.0833. The molecule has 0 bridgehead atoms. The lowest BCUT2D eigenvalue weighted by atomic mass is 10.0. The van der Waals surface area contributed by atoms with Crippen molar-refractivity contribution < 1.29 is 9.50 Å². The Bertz CT molecular complexity index is 469. The number of pyridine rings is 1. The highest BCUT2D eigenvalue weighted by Crippen LogP contribution is 2.29. The molecule has 1 aromatic carbocycles. The Hall–Kier alpha value is -1.45. The van der Waals surface area contributed by atoms with Crippen LogP contribution >= 0.6 is 11.6 Å². The van der Waals surface area contributed by atoms with E-state index in [0.29, 0.717) is 5.56 Å². The van der Waals surface area contributed by atoms with E-state index in [-0.39, 0.29) is 10.6 Å². The molecule has 0 fully saturated rings. The third-order valence-corrected chi connectivity index (χ3v) is 2.60. The van der Waals surface area contributed by atoms with E-state index in [0.717, 1.165) is 0 Å². The SMILES string of the molecule is OC(c1cccnc1)c1c(F)cccc1Cl. The average Bonchev–Trinajstić information content (AvgIpc) is 2.30. The third-order valence-electron chi connectivity index (χ3n) is 2.27. The van der Waals surface area contributed by atoms with Crippen LogP contribution in [0.1, 0.15) is 17.2 Å². The number of nitrogens with zero attached hydrogens (tertiary/aromatic N) is 1. The second kappa shape index (κ2) is 4.60. The van der Waals surface area contributed by atoms with Gasteiger partial charge in [-0.3, -0.25) is 4.98 Å². The number of aliphatic hydroxyl groups is 1. The van der Waals surface area contributed by atoms with Crippen molar-refractivity contribution in [2.75, 3.05) is 0 Å². The van der Waals surface area contributed by atoms with Gasteiger partial charge in [0.25, 0.3) is 0 Å². The van der Waals surface area contributed by atoms with E-state index in [1.54, 1.807) is 24.4 Å². The van der Waals surface area contributed by atoms with Gasteiger partial charge in [-0.05, 0) is 18.2 Å². The molecular weight excluding hydrogens is 229 g/mol. The number of hydrogen-bond donors (Lipinski definition) is 1. The lowest BCUT2D eigenvalue weighted by molar-refractivity contribution is 0.214. The largest absolute Gasteiger partial charge is 0.383 e. The van der Waals surface area contributed by atoms with E-state index < -0.39 is 11.9 Å². The molecule has 1 heterocycles. The Balaban J connectivity index is 2.46.